The van der Waals surface area contributed by atoms with Gasteiger partial charge in [-0.15, -0.1) is 0 Å². The SMILES string of the molecule is Cc1ccc(N2C3CCC2CC(CCN)C3)cc1. The van der Waals surface area contributed by atoms with E-state index in [1.165, 1.54) is 43.4 Å². The molecule has 0 radical (unpaired) electrons. The molecule has 2 fully saturated rings. The average Bonchev–Trinajstić information content (AvgIpc) is 2.63. The van der Waals surface area contributed by atoms with Crippen LogP contribution in [-0.4, -0.2) is 18.6 Å². The van der Waals surface area contributed by atoms with Crippen LogP contribution in [0.5, 0.6) is 0 Å². The molecule has 3 rings (SSSR count). The highest BCUT2D eigenvalue weighted by molar-refractivity contribution is 5.51. The Bertz CT molecular complexity index is 384. The van der Waals surface area contributed by atoms with Gasteiger partial charge in [0.05, 0.1) is 0 Å². The van der Waals surface area contributed by atoms with Crippen LogP contribution in [0.2, 0.25) is 0 Å². The van der Waals surface area contributed by atoms with Crippen molar-refractivity contribution in [1.82, 2.24) is 0 Å². The third kappa shape index (κ3) is 2.14. The first-order valence-corrected chi connectivity index (χ1v) is 7.33. The van der Waals surface area contributed by atoms with Gasteiger partial charge in [-0.25, -0.2) is 0 Å². The molecule has 0 saturated carbocycles. The normalized spacial score (nSPS) is 30.8. The second-order valence-corrected chi connectivity index (χ2v) is 6.04. The summed E-state index contributed by atoms with van der Waals surface area (Å²) >= 11 is 0. The van der Waals surface area contributed by atoms with Crippen LogP contribution >= 0.6 is 0 Å². The number of rotatable bonds is 3. The van der Waals surface area contributed by atoms with Crippen molar-refractivity contribution in [2.24, 2.45) is 11.7 Å². The molecule has 2 saturated heterocycles. The lowest BCUT2D eigenvalue weighted by atomic mass is 9.88. The number of fused-ring (bicyclic) bond motifs is 2. The van der Waals surface area contributed by atoms with Gasteiger partial charge in [0.1, 0.15) is 0 Å². The van der Waals surface area contributed by atoms with Crippen molar-refractivity contribution in [2.45, 2.75) is 51.1 Å². The number of aryl methyl sites for hydroxylation is 1. The Morgan fingerprint density at radius 1 is 1.11 bits per heavy atom. The zero-order valence-electron chi connectivity index (χ0n) is 11.3. The average molecular weight is 244 g/mol. The van der Waals surface area contributed by atoms with E-state index in [4.69, 9.17) is 5.73 Å². The molecule has 98 valence electrons. The smallest absolute Gasteiger partial charge is 0.0371 e. The van der Waals surface area contributed by atoms with E-state index < -0.39 is 0 Å². The maximum atomic E-state index is 5.72. The van der Waals surface area contributed by atoms with E-state index in [-0.39, 0.29) is 0 Å². The van der Waals surface area contributed by atoms with E-state index in [1.807, 2.05) is 0 Å². The zero-order chi connectivity index (χ0) is 12.5. The molecule has 0 aromatic heterocycles. The third-order valence-electron chi connectivity index (χ3n) is 4.74. The molecular weight excluding hydrogens is 220 g/mol. The molecule has 2 heteroatoms. The van der Waals surface area contributed by atoms with Gasteiger partial charge in [0.15, 0.2) is 0 Å². The molecule has 2 N–H and O–H groups in total. The Labute approximate surface area is 110 Å². The summed E-state index contributed by atoms with van der Waals surface area (Å²) in [4.78, 5) is 2.69. The van der Waals surface area contributed by atoms with Crippen molar-refractivity contribution < 1.29 is 0 Å². The van der Waals surface area contributed by atoms with Crippen LogP contribution in [0.3, 0.4) is 0 Å². The minimum Gasteiger partial charge on any atom is -0.366 e. The fourth-order valence-corrected chi connectivity index (χ4v) is 3.90. The Hall–Kier alpha value is -1.02. The summed E-state index contributed by atoms with van der Waals surface area (Å²) in [5, 5.41) is 0. The standard InChI is InChI=1S/C16H24N2/c1-12-2-4-14(5-3-12)18-15-6-7-16(18)11-13(10-15)8-9-17/h2-5,13,15-16H,6-11,17H2,1H3. The first kappa shape index (κ1) is 12.0. The molecule has 2 bridgehead atoms. The topological polar surface area (TPSA) is 29.3 Å². The highest BCUT2D eigenvalue weighted by Crippen LogP contribution is 2.42. The second kappa shape index (κ2) is 4.93. The van der Waals surface area contributed by atoms with Crippen molar-refractivity contribution in [3.8, 4) is 0 Å². The molecule has 18 heavy (non-hydrogen) atoms. The number of nitrogens with zero attached hydrogens (tertiary/aromatic N) is 1. The molecular formula is C16H24N2. The molecule has 0 aliphatic carbocycles. The summed E-state index contributed by atoms with van der Waals surface area (Å²) in [6.07, 6.45) is 6.66. The largest absolute Gasteiger partial charge is 0.366 e. The molecule has 0 amide bonds. The van der Waals surface area contributed by atoms with Gasteiger partial charge in [-0.2, -0.15) is 0 Å². The van der Waals surface area contributed by atoms with Crippen molar-refractivity contribution >= 4 is 5.69 Å². The number of benzene rings is 1. The van der Waals surface area contributed by atoms with Gasteiger partial charge in [0.25, 0.3) is 0 Å². The number of hydrogen-bond acceptors (Lipinski definition) is 2. The van der Waals surface area contributed by atoms with Crippen molar-refractivity contribution in [2.75, 3.05) is 11.4 Å². The summed E-state index contributed by atoms with van der Waals surface area (Å²) in [7, 11) is 0. The molecule has 2 aliphatic heterocycles. The predicted octanol–water partition coefficient (Wildman–Crippen LogP) is 3.09. The molecule has 1 aromatic rings. The van der Waals surface area contributed by atoms with Gasteiger partial charge >= 0.3 is 0 Å². The van der Waals surface area contributed by atoms with Crippen LogP contribution in [0.15, 0.2) is 24.3 Å². The molecule has 1 aromatic carbocycles. The molecule has 2 nitrogen and oxygen atoms in total. The lowest BCUT2D eigenvalue weighted by molar-refractivity contribution is 0.326. The van der Waals surface area contributed by atoms with Gasteiger partial charge < -0.3 is 10.6 Å². The van der Waals surface area contributed by atoms with E-state index in [0.717, 1.165) is 24.5 Å². The van der Waals surface area contributed by atoms with E-state index >= 15 is 0 Å². The van der Waals surface area contributed by atoms with E-state index in [2.05, 4.69) is 36.1 Å². The maximum Gasteiger partial charge on any atom is 0.0371 e. The fraction of sp³-hybridized carbons (Fsp3) is 0.625. The third-order valence-corrected chi connectivity index (χ3v) is 4.74. The Morgan fingerprint density at radius 3 is 2.28 bits per heavy atom. The minimum absolute atomic E-state index is 0.767. The maximum absolute atomic E-state index is 5.72. The van der Waals surface area contributed by atoms with E-state index in [9.17, 15) is 0 Å². The van der Waals surface area contributed by atoms with E-state index in [0.29, 0.717) is 0 Å². The summed E-state index contributed by atoms with van der Waals surface area (Å²) in [6, 6.07) is 10.6. The lowest BCUT2D eigenvalue weighted by Gasteiger charge is -2.40. The first-order chi connectivity index (χ1) is 8.78. The van der Waals surface area contributed by atoms with Crippen LogP contribution in [0, 0.1) is 12.8 Å². The van der Waals surface area contributed by atoms with Crippen LogP contribution in [-0.2, 0) is 0 Å². The van der Waals surface area contributed by atoms with Gasteiger partial charge in [0, 0.05) is 17.8 Å². The predicted molar refractivity (Wildman–Crippen MR) is 76.9 cm³/mol. The van der Waals surface area contributed by atoms with Crippen LogP contribution in [0.25, 0.3) is 0 Å². The number of hydrogen-bond donors (Lipinski definition) is 1. The van der Waals surface area contributed by atoms with Gasteiger partial charge in [-0.1, -0.05) is 17.7 Å². The molecule has 2 atom stereocenters. The molecule has 2 unspecified atom stereocenters. The summed E-state index contributed by atoms with van der Waals surface area (Å²) < 4.78 is 0. The highest BCUT2D eigenvalue weighted by atomic mass is 15.2. The van der Waals surface area contributed by atoms with Crippen LogP contribution in [0.4, 0.5) is 5.69 Å². The Kier molecular flexibility index (Phi) is 3.29. The zero-order valence-corrected chi connectivity index (χ0v) is 11.3. The van der Waals surface area contributed by atoms with Gasteiger partial charge in [-0.3, -0.25) is 0 Å². The van der Waals surface area contributed by atoms with Crippen molar-refractivity contribution in [3.05, 3.63) is 29.8 Å². The summed E-state index contributed by atoms with van der Waals surface area (Å²) in [5.41, 5.74) is 8.50. The monoisotopic (exact) mass is 244 g/mol. The van der Waals surface area contributed by atoms with Crippen molar-refractivity contribution in [3.63, 3.8) is 0 Å². The molecule has 2 heterocycles. The minimum atomic E-state index is 0.767. The van der Waals surface area contributed by atoms with Gasteiger partial charge in [0.2, 0.25) is 0 Å². The van der Waals surface area contributed by atoms with Crippen molar-refractivity contribution in [1.29, 1.82) is 0 Å². The molecule has 2 aliphatic rings. The van der Waals surface area contributed by atoms with Crippen LogP contribution in [0.1, 0.15) is 37.7 Å². The Morgan fingerprint density at radius 2 is 1.72 bits per heavy atom. The lowest BCUT2D eigenvalue weighted by Crippen LogP contribution is -2.43. The fourth-order valence-electron chi connectivity index (χ4n) is 3.90. The highest BCUT2D eigenvalue weighted by Gasteiger charge is 2.40. The van der Waals surface area contributed by atoms with E-state index in [1.54, 1.807) is 0 Å². The first-order valence-electron chi connectivity index (χ1n) is 7.33. The second-order valence-electron chi connectivity index (χ2n) is 6.04. The number of anilines is 1. The molecule has 0 spiro atoms. The number of piperidine rings is 1. The Balaban J connectivity index is 1.77. The summed E-state index contributed by atoms with van der Waals surface area (Å²) in [6.45, 7) is 3.01. The number of nitrogens with two attached hydrogens (primary N) is 1. The van der Waals surface area contributed by atoms with Gasteiger partial charge in [-0.05, 0) is 63.6 Å². The summed E-state index contributed by atoms with van der Waals surface area (Å²) in [5.74, 6) is 0.870. The quantitative estimate of drug-likeness (QED) is 0.885. The van der Waals surface area contributed by atoms with Crippen LogP contribution < -0.4 is 10.6 Å².